The van der Waals surface area contributed by atoms with Gasteiger partial charge >= 0.3 is 0 Å². The molecule has 0 atom stereocenters. The third kappa shape index (κ3) is 2230. The van der Waals surface area contributed by atoms with E-state index >= 15 is 0 Å². The molecule has 0 aliphatic rings. The Hall–Kier alpha value is -0.120. The highest BCUT2D eigenvalue weighted by atomic mass is 16.5. The van der Waals surface area contributed by atoms with Crippen molar-refractivity contribution in [1.29, 1.82) is 0 Å². The van der Waals surface area contributed by atoms with E-state index in [1.54, 1.807) is 19.7 Å². The Kier molecular flexibility index (Phi) is 32.2. The van der Waals surface area contributed by atoms with Crippen LogP contribution in [-0.4, -0.2) is 26.5 Å². The minimum atomic E-state index is 1.43. The molecule has 0 radical (unpaired) electrons. The van der Waals surface area contributed by atoms with Crippen molar-refractivity contribution in [1.82, 2.24) is 5.48 Å². The highest BCUT2D eigenvalue weighted by Gasteiger charge is 1.25. The van der Waals surface area contributed by atoms with Gasteiger partial charge < -0.3 is 9.94 Å². The van der Waals surface area contributed by atoms with Crippen molar-refractivity contribution in [3.05, 3.63) is 0 Å². The van der Waals surface area contributed by atoms with E-state index in [0.717, 1.165) is 0 Å². The summed E-state index contributed by atoms with van der Waals surface area (Å²) in [5, 5.41) is 7.32. The van der Waals surface area contributed by atoms with Crippen LogP contribution in [0.5, 0.6) is 0 Å². The number of ether oxygens (including phenoxy) is 1. The molecule has 0 saturated heterocycles. The highest BCUT2D eigenvalue weighted by molar-refractivity contribution is 3.65. The largest absolute Gasteiger partial charge is 0.388 e. The minimum absolute atomic E-state index is 1.43. The van der Waals surface area contributed by atoms with Gasteiger partial charge in [-0.25, -0.2) is 5.48 Å². The van der Waals surface area contributed by atoms with Crippen LogP contribution in [0.3, 0.4) is 0 Å². The van der Waals surface area contributed by atoms with Crippen LogP contribution < -0.4 is 5.48 Å². The van der Waals surface area contributed by atoms with Crippen LogP contribution in [-0.2, 0) is 4.74 Å². The Morgan fingerprint density at radius 1 is 1.50 bits per heavy atom. The molecule has 0 aromatic heterocycles. The maximum atomic E-state index is 7.32. The molecular weight excluding hydrogens is 82.0 g/mol. The number of methoxy groups -OCH3 is 1. The molecule has 0 amide bonds. The number of hydrogen-bond donors (Lipinski definition) is 2. The molecule has 0 aromatic carbocycles. The average Bonchev–Trinajstić information content (AvgIpc) is 1.39. The Labute approximate surface area is 37.9 Å². The molecule has 0 aliphatic heterocycles. The minimum Gasteiger partial charge on any atom is -0.388 e. The van der Waals surface area contributed by atoms with E-state index in [-0.39, 0.29) is 0 Å². The Morgan fingerprint density at radius 2 is 1.50 bits per heavy atom. The lowest BCUT2D eigenvalue weighted by Gasteiger charge is -1.61. The zero-order chi connectivity index (χ0) is 5.41. The van der Waals surface area contributed by atoms with Gasteiger partial charge in [0.2, 0.25) is 0 Å². The summed E-state index contributed by atoms with van der Waals surface area (Å²) >= 11 is 0. The Balaban J connectivity index is 0. The first kappa shape index (κ1) is 9.30. The summed E-state index contributed by atoms with van der Waals surface area (Å²) in [7, 11) is 4.68. The van der Waals surface area contributed by atoms with Crippen LogP contribution in [0.15, 0.2) is 0 Å². The van der Waals surface area contributed by atoms with Crippen molar-refractivity contribution < 1.29 is 9.94 Å². The van der Waals surface area contributed by atoms with Crippen LogP contribution in [0, 0.1) is 0 Å². The van der Waals surface area contributed by atoms with Crippen LogP contribution >= 0.6 is 0 Å². The third-order valence-corrected chi connectivity index (χ3v) is 0. The van der Waals surface area contributed by atoms with Gasteiger partial charge in [0.15, 0.2) is 0 Å². The summed E-state index contributed by atoms with van der Waals surface area (Å²) in [5.41, 5.74) is 1.75. The number of rotatable bonds is 0. The lowest BCUT2D eigenvalue weighted by molar-refractivity contribution is 0.194. The first-order valence-corrected chi connectivity index (χ1v) is 1.54. The van der Waals surface area contributed by atoms with Crippen molar-refractivity contribution in [2.75, 3.05) is 21.3 Å². The molecule has 0 spiro atoms. The molecule has 0 fully saturated rings. The lowest BCUT2D eigenvalue weighted by atomic mass is 11.6. The van der Waals surface area contributed by atoms with Crippen molar-refractivity contribution in [2.45, 2.75) is 0 Å². The normalized spacial score (nSPS) is 6.00. The average molecular weight is 93.1 g/mol. The first-order chi connectivity index (χ1) is 2.83. The zero-order valence-corrected chi connectivity index (χ0v) is 4.36. The summed E-state index contributed by atoms with van der Waals surface area (Å²) in [6.45, 7) is 0. The second-order valence-corrected chi connectivity index (χ2v) is 0.632. The molecule has 0 rings (SSSR count). The van der Waals surface area contributed by atoms with Gasteiger partial charge in [0.25, 0.3) is 0 Å². The smallest absolute Gasteiger partial charge is 0.0351 e. The fourth-order valence-electron chi connectivity index (χ4n) is 0. The van der Waals surface area contributed by atoms with E-state index < -0.39 is 0 Å². The van der Waals surface area contributed by atoms with E-state index in [9.17, 15) is 0 Å². The molecule has 2 N–H and O–H groups in total. The van der Waals surface area contributed by atoms with E-state index in [0.29, 0.717) is 0 Å². The Bertz CT molecular complexity index is 10.8. The summed E-state index contributed by atoms with van der Waals surface area (Å²) in [6, 6.07) is 0. The molecule has 0 heterocycles. The van der Waals surface area contributed by atoms with Crippen LogP contribution in [0.4, 0.5) is 0 Å². The topological polar surface area (TPSA) is 41.5 Å². The number of hydrogen-bond acceptors (Lipinski definition) is 3. The number of hydroxylamine groups is 1. The molecule has 0 bridgehead atoms. The van der Waals surface area contributed by atoms with Crippen LogP contribution in [0.2, 0.25) is 0 Å². The van der Waals surface area contributed by atoms with Gasteiger partial charge in [-0.2, -0.15) is 0 Å². The second kappa shape index (κ2) is 20.8. The van der Waals surface area contributed by atoms with Crippen LogP contribution in [0.25, 0.3) is 0 Å². The molecule has 6 heavy (non-hydrogen) atoms. The number of nitrogens with one attached hydrogen (secondary N) is 1. The van der Waals surface area contributed by atoms with Gasteiger partial charge in [0.1, 0.15) is 0 Å². The van der Waals surface area contributed by atoms with Crippen molar-refractivity contribution in [2.24, 2.45) is 0 Å². The van der Waals surface area contributed by atoms with Gasteiger partial charge in [-0.3, -0.25) is 0 Å². The van der Waals surface area contributed by atoms with Gasteiger partial charge in [0.05, 0.1) is 0 Å². The highest BCUT2D eigenvalue weighted by Crippen LogP contribution is 1.28. The summed E-state index contributed by atoms with van der Waals surface area (Å²) in [5.74, 6) is 0. The van der Waals surface area contributed by atoms with Crippen molar-refractivity contribution in [3.63, 3.8) is 0 Å². The van der Waals surface area contributed by atoms with E-state index in [2.05, 4.69) is 4.74 Å². The summed E-state index contributed by atoms with van der Waals surface area (Å²) in [6.07, 6.45) is 0. The SMILES string of the molecule is CNO.COC. The molecule has 3 heteroatoms. The molecule has 0 unspecified atom stereocenters. The fourth-order valence-corrected chi connectivity index (χ4v) is 0. The van der Waals surface area contributed by atoms with Gasteiger partial charge in [0, 0.05) is 21.3 Å². The van der Waals surface area contributed by atoms with Gasteiger partial charge in [-0.05, 0) is 0 Å². The maximum Gasteiger partial charge on any atom is 0.0351 e. The second-order valence-electron chi connectivity index (χ2n) is 0.632. The van der Waals surface area contributed by atoms with E-state index in [4.69, 9.17) is 5.21 Å². The van der Waals surface area contributed by atoms with Gasteiger partial charge in [-0.1, -0.05) is 0 Å². The third-order valence-electron chi connectivity index (χ3n) is 0. The molecule has 0 saturated carbocycles. The molecular formula is C3H11NO2. The molecule has 40 valence electrons. The van der Waals surface area contributed by atoms with Crippen LogP contribution in [0.1, 0.15) is 0 Å². The summed E-state index contributed by atoms with van der Waals surface area (Å²) < 4.78 is 4.25. The van der Waals surface area contributed by atoms with E-state index in [1.165, 1.54) is 7.05 Å². The van der Waals surface area contributed by atoms with E-state index in [1.807, 2.05) is 0 Å². The molecule has 0 aromatic rings. The van der Waals surface area contributed by atoms with Crippen molar-refractivity contribution in [3.8, 4) is 0 Å². The fraction of sp³-hybridized carbons (Fsp3) is 1.00. The first-order valence-electron chi connectivity index (χ1n) is 1.54. The molecule has 3 nitrogen and oxygen atoms in total. The molecule has 0 aliphatic carbocycles. The summed E-state index contributed by atoms with van der Waals surface area (Å²) in [4.78, 5) is 0. The monoisotopic (exact) mass is 93.1 g/mol. The predicted octanol–water partition coefficient (Wildman–Crippen LogP) is -0.142. The maximum absolute atomic E-state index is 7.32. The van der Waals surface area contributed by atoms with Gasteiger partial charge in [-0.15, -0.1) is 0 Å². The zero-order valence-electron chi connectivity index (χ0n) is 4.36. The quantitative estimate of drug-likeness (QED) is 0.409. The van der Waals surface area contributed by atoms with Crippen molar-refractivity contribution >= 4 is 0 Å². The lowest BCUT2D eigenvalue weighted by Crippen LogP contribution is -1.91. The standard InChI is InChI=1S/C2H6O.CH5NO/c1-3-2;1-2-3/h1-2H3;2-3H,1H3. The Morgan fingerprint density at radius 3 is 1.50 bits per heavy atom. The predicted molar refractivity (Wildman–Crippen MR) is 23.8 cm³/mol.